The molecule has 0 spiro atoms. The highest BCUT2D eigenvalue weighted by molar-refractivity contribution is 5.42. The van der Waals surface area contributed by atoms with Gasteiger partial charge in [0.1, 0.15) is 11.5 Å². The van der Waals surface area contributed by atoms with Crippen molar-refractivity contribution in [2.24, 2.45) is 0 Å². The van der Waals surface area contributed by atoms with Crippen molar-refractivity contribution in [1.29, 1.82) is 0 Å². The highest BCUT2D eigenvalue weighted by Gasteiger charge is 2.14. The molecule has 0 radical (unpaired) electrons. The molecule has 0 amide bonds. The molecule has 2 aromatic rings. The lowest BCUT2D eigenvalue weighted by Crippen LogP contribution is -2.04. The Kier molecular flexibility index (Phi) is 4.36. The van der Waals surface area contributed by atoms with Crippen molar-refractivity contribution in [3.8, 4) is 11.5 Å². The van der Waals surface area contributed by atoms with Crippen molar-refractivity contribution >= 4 is 0 Å². The van der Waals surface area contributed by atoms with Gasteiger partial charge in [0.25, 0.3) is 0 Å². The highest BCUT2D eigenvalue weighted by atomic mass is 16.5. The first kappa shape index (κ1) is 13.4. The fourth-order valence-corrected chi connectivity index (χ4v) is 1.95. The summed E-state index contributed by atoms with van der Waals surface area (Å²) in [5, 5.41) is 10.3. The van der Waals surface area contributed by atoms with E-state index in [4.69, 9.17) is 9.47 Å². The zero-order valence-electron chi connectivity index (χ0n) is 11.0. The first-order chi connectivity index (χ1) is 9.24. The molecule has 1 atom stereocenters. The number of hydrogen-bond donors (Lipinski definition) is 1. The Bertz CT molecular complexity index is 528. The number of benzene rings is 1. The predicted octanol–water partition coefficient (Wildman–Crippen LogP) is 2.37. The van der Waals surface area contributed by atoms with Crippen molar-refractivity contribution in [3.05, 3.63) is 53.9 Å². The predicted molar refractivity (Wildman–Crippen MR) is 72.4 cm³/mol. The van der Waals surface area contributed by atoms with E-state index >= 15 is 0 Å². The van der Waals surface area contributed by atoms with E-state index in [0.717, 1.165) is 11.1 Å². The molecule has 0 saturated carbocycles. The Balaban J connectivity index is 2.21. The van der Waals surface area contributed by atoms with Crippen molar-refractivity contribution in [2.75, 3.05) is 14.2 Å². The smallest absolute Gasteiger partial charge is 0.128 e. The lowest BCUT2D eigenvalue weighted by molar-refractivity contribution is 0.174. The molecule has 0 aliphatic carbocycles. The summed E-state index contributed by atoms with van der Waals surface area (Å²) in [6.45, 7) is 0. The molecule has 1 aromatic carbocycles. The molecule has 1 N–H and O–H groups in total. The number of aliphatic hydroxyl groups excluding tert-OH is 1. The number of aliphatic hydroxyl groups is 1. The van der Waals surface area contributed by atoms with Crippen LogP contribution in [0.1, 0.15) is 17.2 Å². The molecule has 1 aromatic heterocycles. The normalized spacial score (nSPS) is 11.9. The summed E-state index contributed by atoms with van der Waals surface area (Å²) < 4.78 is 10.4. The maximum Gasteiger partial charge on any atom is 0.128 e. The van der Waals surface area contributed by atoms with Crippen LogP contribution >= 0.6 is 0 Å². The minimum absolute atomic E-state index is 0.519. The SMILES string of the molecule is COc1ccc(C(O)Cc2ccncc2)c(OC)c1. The van der Waals surface area contributed by atoms with Crippen molar-refractivity contribution in [1.82, 2.24) is 4.98 Å². The van der Waals surface area contributed by atoms with Gasteiger partial charge in [0.2, 0.25) is 0 Å². The van der Waals surface area contributed by atoms with Gasteiger partial charge in [-0.15, -0.1) is 0 Å². The van der Waals surface area contributed by atoms with Gasteiger partial charge in [0.15, 0.2) is 0 Å². The van der Waals surface area contributed by atoms with Crippen molar-refractivity contribution in [2.45, 2.75) is 12.5 Å². The third kappa shape index (κ3) is 3.23. The van der Waals surface area contributed by atoms with Gasteiger partial charge < -0.3 is 14.6 Å². The van der Waals surface area contributed by atoms with Crippen molar-refractivity contribution < 1.29 is 14.6 Å². The summed E-state index contributed by atoms with van der Waals surface area (Å²) >= 11 is 0. The first-order valence-corrected chi connectivity index (χ1v) is 6.03. The second-order valence-corrected chi connectivity index (χ2v) is 4.18. The Morgan fingerprint density at radius 3 is 2.47 bits per heavy atom. The van der Waals surface area contributed by atoms with E-state index in [2.05, 4.69) is 4.98 Å². The zero-order chi connectivity index (χ0) is 13.7. The topological polar surface area (TPSA) is 51.6 Å². The first-order valence-electron chi connectivity index (χ1n) is 6.03. The molecule has 2 rings (SSSR count). The van der Waals surface area contributed by atoms with Crippen LogP contribution in [0.15, 0.2) is 42.7 Å². The molecule has 1 heterocycles. The Morgan fingerprint density at radius 1 is 1.11 bits per heavy atom. The minimum Gasteiger partial charge on any atom is -0.497 e. The molecule has 4 nitrogen and oxygen atoms in total. The molecule has 0 bridgehead atoms. The number of methoxy groups -OCH3 is 2. The van der Waals surface area contributed by atoms with Crippen LogP contribution in [0.5, 0.6) is 11.5 Å². The number of ether oxygens (including phenoxy) is 2. The molecule has 1 unspecified atom stereocenters. The van der Waals surface area contributed by atoms with Gasteiger partial charge in [-0.2, -0.15) is 0 Å². The van der Waals surface area contributed by atoms with E-state index < -0.39 is 6.10 Å². The maximum absolute atomic E-state index is 10.3. The molecule has 19 heavy (non-hydrogen) atoms. The quantitative estimate of drug-likeness (QED) is 0.895. The van der Waals surface area contributed by atoms with Gasteiger partial charge in [-0.1, -0.05) is 0 Å². The van der Waals surface area contributed by atoms with Crippen LogP contribution in [-0.2, 0) is 6.42 Å². The highest BCUT2D eigenvalue weighted by Crippen LogP contribution is 2.31. The molecular formula is C15H17NO3. The van der Waals surface area contributed by atoms with E-state index in [-0.39, 0.29) is 0 Å². The van der Waals surface area contributed by atoms with Gasteiger partial charge in [-0.05, 0) is 29.8 Å². The summed E-state index contributed by atoms with van der Waals surface area (Å²) in [5.41, 5.74) is 1.78. The van der Waals surface area contributed by atoms with Crippen LogP contribution in [0, 0.1) is 0 Å². The van der Waals surface area contributed by atoms with E-state index in [1.165, 1.54) is 0 Å². The molecule has 100 valence electrons. The summed E-state index contributed by atoms with van der Waals surface area (Å²) in [6, 6.07) is 9.18. The third-order valence-electron chi connectivity index (χ3n) is 2.98. The van der Waals surface area contributed by atoms with Crippen LogP contribution in [-0.4, -0.2) is 24.3 Å². The number of aromatic nitrogens is 1. The van der Waals surface area contributed by atoms with Gasteiger partial charge >= 0.3 is 0 Å². The van der Waals surface area contributed by atoms with Crippen LogP contribution in [0.3, 0.4) is 0 Å². The molecule has 4 heteroatoms. The van der Waals surface area contributed by atoms with E-state index in [9.17, 15) is 5.11 Å². The van der Waals surface area contributed by atoms with Gasteiger partial charge in [0, 0.05) is 30.4 Å². The van der Waals surface area contributed by atoms with Crippen LogP contribution in [0.4, 0.5) is 0 Å². The van der Waals surface area contributed by atoms with Gasteiger partial charge in [0.05, 0.1) is 20.3 Å². The number of rotatable bonds is 5. The minimum atomic E-state index is -0.622. The molecule has 0 fully saturated rings. The second kappa shape index (κ2) is 6.20. The van der Waals surface area contributed by atoms with Crippen LogP contribution in [0.25, 0.3) is 0 Å². The molecule has 0 aliphatic rings. The average Bonchev–Trinajstić information content (AvgIpc) is 2.47. The van der Waals surface area contributed by atoms with Crippen LogP contribution < -0.4 is 9.47 Å². The summed E-state index contributed by atoms with van der Waals surface area (Å²) in [5.74, 6) is 1.33. The summed E-state index contributed by atoms with van der Waals surface area (Å²) in [7, 11) is 3.18. The van der Waals surface area contributed by atoms with Crippen LogP contribution in [0.2, 0.25) is 0 Å². The molecular weight excluding hydrogens is 242 g/mol. The number of hydrogen-bond acceptors (Lipinski definition) is 4. The number of pyridine rings is 1. The fourth-order valence-electron chi connectivity index (χ4n) is 1.95. The van der Waals surface area contributed by atoms with E-state index in [1.54, 1.807) is 32.7 Å². The second-order valence-electron chi connectivity index (χ2n) is 4.18. The maximum atomic E-state index is 10.3. The molecule has 0 aliphatic heterocycles. The molecule has 0 saturated heterocycles. The van der Waals surface area contributed by atoms with Gasteiger partial charge in [-0.3, -0.25) is 4.98 Å². The Hall–Kier alpha value is -2.07. The average molecular weight is 259 g/mol. The summed E-state index contributed by atoms with van der Waals surface area (Å²) in [4.78, 5) is 3.96. The van der Waals surface area contributed by atoms with E-state index in [0.29, 0.717) is 17.9 Å². The van der Waals surface area contributed by atoms with E-state index in [1.807, 2.05) is 24.3 Å². The van der Waals surface area contributed by atoms with Gasteiger partial charge in [-0.25, -0.2) is 0 Å². The van der Waals surface area contributed by atoms with Crippen molar-refractivity contribution in [3.63, 3.8) is 0 Å². The number of nitrogens with zero attached hydrogens (tertiary/aromatic N) is 1. The Morgan fingerprint density at radius 2 is 1.84 bits per heavy atom. The lowest BCUT2D eigenvalue weighted by Gasteiger charge is -2.15. The lowest BCUT2D eigenvalue weighted by atomic mass is 10.0. The third-order valence-corrected chi connectivity index (χ3v) is 2.98. The summed E-state index contributed by atoms with van der Waals surface area (Å²) in [6.07, 6.45) is 3.33. The zero-order valence-corrected chi connectivity index (χ0v) is 11.0. The fraction of sp³-hybridized carbons (Fsp3) is 0.267. The largest absolute Gasteiger partial charge is 0.497 e. The monoisotopic (exact) mass is 259 g/mol. The Labute approximate surface area is 112 Å². The standard InChI is InChI=1S/C15H17NO3/c1-18-12-3-4-13(15(10-12)19-2)14(17)9-11-5-7-16-8-6-11/h3-8,10,14,17H,9H2,1-2H3.